The van der Waals surface area contributed by atoms with E-state index in [9.17, 15) is 9.90 Å². The minimum Gasteiger partial charge on any atom is -0.493 e. The summed E-state index contributed by atoms with van der Waals surface area (Å²) < 4.78 is 0. The van der Waals surface area contributed by atoms with Crippen LogP contribution in [-0.4, -0.2) is 16.1 Å². The number of nitrogens with one attached hydrogen (secondary N) is 2. The van der Waals surface area contributed by atoms with Crippen molar-refractivity contribution in [3.8, 4) is 5.88 Å². The lowest BCUT2D eigenvalue weighted by atomic mass is 10.2. The number of hydrogen-bond acceptors (Lipinski definition) is 3. The van der Waals surface area contributed by atoms with Crippen LogP contribution in [0.2, 0.25) is 10.0 Å². The number of aromatic nitrogens is 1. The molecule has 2 amide bonds. The molecule has 3 aromatic rings. The summed E-state index contributed by atoms with van der Waals surface area (Å²) in [6.07, 6.45) is 0. The highest BCUT2D eigenvalue weighted by molar-refractivity contribution is 6.39. The first-order valence-electron chi connectivity index (χ1n) is 6.59. The molecule has 6 nitrogen and oxygen atoms in total. The Bertz CT molecular complexity index is 1100. The van der Waals surface area contributed by atoms with Crippen LogP contribution < -0.4 is 16.0 Å². The van der Waals surface area contributed by atoms with Gasteiger partial charge in [-0.3, -0.25) is 0 Å². The van der Waals surface area contributed by atoms with E-state index in [4.69, 9.17) is 23.2 Å². The standard InChI is InChI=1S/C15H8Cl2N4O2/c16-6-3-8-12(9(17)4-6)21-14(22)13(8)18-7-1-2-10-11(5-7)20-15(23)19-10/h1-5,18,21-22H. The van der Waals surface area contributed by atoms with Crippen molar-refractivity contribution in [3.05, 3.63) is 51.1 Å². The highest BCUT2D eigenvalue weighted by atomic mass is 35.5. The fraction of sp³-hybridized carbons (Fsp3) is 0. The number of fused-ring (bicyclic) bond motifs is 2. The summed E-state index contributed by atoms with van der Waals surface area (Å²) >= 11 is 12.2. The van der Waals surface area contributed by atoms with Gasteiger partial charge in [0.2, 0.25) is 5.88 Å². The molecule has 4 rings (SSSR count). The first-order chi connectivity index (χ1) is 11.0. The molecule has 0 unspecified atom stereocenters. The van der Waals surface area contributed by atoms with Crippen LogP contribution in [0.25, 0.3) is 10.9 Å². The van der Waals surface area contributed by atoms with Crippen molar-refractivity contribution in [2.24, 2.45) is 9.98 Å². The van der Waals surface area contributed by atoms with Crippen LogP contribution in [0.3, 0.4) is 0 Å². The number of halogens is 2. The molecule has 0 saturated carbocycles. The Morgan fingerprint density at radius 3 is 2.70 bits per heavy atom. The normalized spacial score (nSPS) is 12.9. The number of nitrogens with zero attached hydrogens (tertiary/aromatic N) is 2. The lowest BCUT2D eigenvalue weighted by Gasteiger charge is -2.05. The van der Waals surface area contributed by atoms with Crippen LogP contribution in [0.15, 0.2) is 40.3 Å². The van der Waals surface area contributed by atoms with Crippen LogP contribution in [0.4, 0.5) is 16.2 Å². The van der Waals surface area contributed by atoms with Gasteiger partial charge in [-0.05, 0) is 30.3 Å². The summed E-state index contributed by atoms with van der Waals surface area (Å²) in [5, 5.41) is 15.7. The fourth-order valence-corrected chi connectivity index (χ4v) is 3.03. The maximum absolute atomic E-state index is 11.2. The molecular weight excluding hydrogens is 339 g/mol. The first kappa shape index (κ1) is 14.0. The third kappa shape index (κ3) is 2.32. The quantitative estimate of drug-likeness (QED) is 0.664. The van der Waals surface area contributed by atoms with Crippen LogP contribution >= 0.6 is 23.2 Å². The molecule has 23 heavy (non-hydrogen) atoms. The van der Waals surface area contributed by atoms with E-state index in [-0.39, 0.29) is 5.88 Å². The zero-order valence-electron chi connectivity index (χ0n) is 11.4. The summed E-state index contributed by atoms with van der Waals surface area (Å²) in [4.78, 5) is 21.6. The van der Waals surface area contributed by atoms with Crippen LogP contribution in [0, 0.1) is 0 Å². The van der Waals surface area contributed by atoms with Crippen molar-refractivity contribution in [1.29, 1.82) is 0 Å². The fourth-order valence-electron chi connectivity index (χ4n) is 2.49. The Labute approximate surface area is 139 Å². The summed E-state index contributed by atoms with van der Waals surface area (Å²) in [6, 6.07) is 7.85. The van der Waals surface area contributed by atoms with Gasteiger partial charge in [-0.15, -0.1) is 0 Å². The van der Waals surface area contributed by atoms with Gasteiger partial charge in [0.1, 0.15) is 5.69 Å². The summed E-state index contributed by atoms with van der Waals surface area (Å²) in [5.74, 6) is -0.0673. The zero-order chi connectivity index (χ0) is 16.1. The van der Waals surface area contributed by atoms with Gasteiger partial charge in [0.05, 0.1) is 21.3 Å². The number of urea groups is 1. The number of carbonyl (C=O) groups is 1. The van der Waals surface area contributed by atoms with Gasteiger partial charge < -0.3 is 15.4 Å². The van der Waals surface area contributed by atoms with E-state index < -0.39 is 6.03 Å². The zero-order valence-corrected chi connectivity index (χ0v) is 12.9. The number of anilines is 2. The Morgan fingerprint density at radius 1 is 1.09 bits per heavy atom. The second kappa shape index (κ2) is 4.97. The van der Waals surface area contributed by atoms with E-state index in [1.807, 2.05) is 0 Å². The predicted octanol–water partition coefficient (Wildman–Crippen LogP) is 3.30. The number of hydrogen-bond donors (Lipinski definition) is 3. The van der Waals surface area contributed by atoms with Gasteiger partial charge in [0, 0.05) is 16.1 Å². The molecule has 8 heteroatoms. The minimum atomic E-state index is -0.523. The van der Waals surface area contributed by atoms with Crippen molar-refractivity contribution in [2.45, 2.75) is 0 Å². The molecule has 0 atom stereocenters. The maximum Gasteiger partial charge on any atom is 0.368 e. The number of aromatic hydroxyl groups is 1. The average Bonchev–Trinajstić information content (AvgIpc) is 3.00. The van der Waals surface area contributed by atoms with Crippen molar-refractivity contribution < 1.29 is 9.90 Å². The van der Waals surface area contributed by atoms with Crippen LogP contribution in [-0.2, 0) is 0 Å². The molecule has 1 aliphatic rings. The molecular formula is C15H8Cl2N4O2. The van der Waals surface area contributed by atoms with Gasteiger partial charge >= 0.3 is 6.03 Å². The Kier molecular flexibility index (Phi) is 3.04. The highest BCUT2D eigenvalue weighted by Crippen LogP contribution is 2.39. The molecule has 3 N–H and O–H groups in total. The minimum absolute atomic E-state index is 0.0673. The first-order valence-corrected chi connectivity index (χ1v) is 7.35. The van der Waals surface area contributed by atoms with Gasteiger partial charge in [-0.25, -0.2) is 4.79 Å². The Morgan fingerprint density at radius 2 is 1.87 bits per heavy atom. The van der Waals surface area contributed by atoms with Crippen molar-refractivity contribution >= 4 is 51.5 Å². The number of amides is 2. The second-order valence-corrected chi connectivity index (χ2v) is 5.84. The van der Waals surface area contributed by atoms with Gasteiger partial charge in [-0.1, -0.05) is 23.2 Å². The smallest absolute Gasteiger partial charge is 0.368 e. The largest absolute Gasteiger partial charge is 0.493 e. The Balaban J connectivity index is 1.84. The number of carbonyl (C=O) groups excluding carboxylic acids is 1. The molecule has 2 aromatic carbocycles. The van der Waals surface area contributed by atoms with E-state index in [1.54, 1.807) is 30.3 Å². The van der Waals surface area contributed by atoms with Crippen molar-refractivity contribution in [3.63, 3.8) is 0 Å². The molecule has 0 fully saturated rings. The van der Waals surface area contributed by atoms with Gasteiger partial charge in [0.15, 0.2) is 0 Å². The van der Waals surface area contributed by atoms with E-state index in [0.717, 1.165) is 0 Å². The lowest BCUT2D eigenvalue weighted by molar-refractivity contribution is 0.256. The third-order valence-corrected chi connectivity index (χ3v) is 4.00. The SMILES string of the molecule is O=C1N=c2ccc(Nc3c(O)[nH]c4c(Cl)cc(Cl)cc34)cc2=N1. The average molecular weight is 347 g/mol. The number of H-pyrrole nitrogens is 1. The molecule has 1 aliphatic heterocycles. The van der Waals surface area contributed by atoms with E-state index in [2.05, 4.69) is 20.3 Å². The molecule has 0 bridgehead atoms. The Hall–Kier alpha value is -2.57. The molecule has 2 heterocycles. The lowest BCUT2D eigenvalue weighted by Crippen LogP contribution is -2.21. The van der Waals surface area contributed by atoms with Gasteiger partial charge in [0.25, 0.3) is 0 Å². The summed E-state index contributed by atoms with van der Waals surface area (Å²) in [7, 11) is 0. The molecule has 0 aliphatic carbocycles. The van der Waals surface area contributed by atoms with Crippen LogP contribution in [0.1, 0.15) is 0 Å². The highest BCUT2D eigenvalue weighted by Gasteiger charge is 2.15. The third-order valence-electron chi connectivity index (χ3n) is 3.48. The summed E-state index contributed by atoms with van der Waals surface area (Å²) in [5.41, 5.74) is 1.66. The molecule has 0 spiro atoms. The number of benzene rings is 2. The van der Waals surface area contributed by atoms with E-state index in [0.29, 0.717) is 43.0 Å². The molecule has 114 valence electrons. The van der Waals surface area contributed by atoms with E-state index >= 15 is 0 Å². The van der Waals surface area contributed by atoms with Crippen molar-refractivity contribution in [2.75, 3.05) is 5.32 Å². The molecule has 0 radical (unpaired) electrons. The second-order valence-electron chi connectivity index (χ2n) is 4.99. The molecule has 1 aromatic heterocycles. The van der Waals surface area contributed by atoms with Crippen molar-refractivity contribution in [1.82, 2.24) is 4.98 Å². The molecule has 0 saturated heterocycles. The maximum atomic E-state index is 11.2. The number of aromatic amines is 1. The van der Waals surface area contributed by atoms with E-state index in [1.165, 1.54) is 0 Å². The van der Waals surface area contributed by atoms with Gasteiger partial charge in [-0.2, -0.15) is 9.98 Å². The number of rotatable bonds is 2. The topological polar surface area (TPSA) is 89.8 Å². The summed E-state index contributed by atoms with van der Waals surface area (Å²) in [6.45, 7) is 0. The monoisotopic (exact) mass is 346 g/mol. The van der Waals surface area contributed by atoms with Crippen LogP contribution in [0.5, 0.6) is 5.88 Å². The predicted molar refractivity (Wildman–Crippen MR) is 87.4 cm³/mol.